The minimum absolute atomic E-state index is 0.636. The molecule has 0 aromatic heterocycles. The summed E-state index contributed by atoms with van der Waals surface area (Å²) in [4.78, 5) is 5.12. The van der Waals surface area contributed by atoms with E-state index in [1.807, 2.05) is 0 Å². The Balaban J connectivity index is 1.54. The predicted molar refractivity (Wildman–Crippen MR) is 75.9 cm³/mol. The van der Waals surface area contributed by atoms with Crippen LogP contribution in [0.3, 0.4) is 0 Å². The largest absolute Gasteiger partial charge is 0.369 e. The summed E-state index contributed by atoms with van der Waals surface area (Å²) in [5.41, 5.74) is 1.37. The van der Waals surface area contributed by atoms with Gasteiger partial charge in [0.05, 0.1) is 6.17 Å². The summed E-state index contributed by atoms with van der Waals surface area (Å²) in [7, 11) is 0. The summed E-state index contributed by atoms with van der Waals surface area (Å²) in [6.07, 6.45) is 4.69. The molecule has 98 valence electrons. The van der Waals surface area contributed by atoms with Gasteiger partial charge in [0.15, 0.2) is 0 Å². The molecule has 2 heterocycles. The second kappa shape index (κ2) is 5.72. The lowest BCUT2D eigenvalue weighted by Gasteiger charge is -2.41. The quantitative estimate of drug-likeness (QED) is 0.858. The van der Waals surface area contributed by atoms with Crippen molar-refractivity contribution in [2.45, 2.75) is 25.4 Å². The first kappa shape index (κ1) is 12.0. The van der Waals surface area contributed by atoms with Gasteiger partial charge in [0.1, 0.15) is 0 Å². The maximum Gasteiger partial charge on any atom is 0.0598 e. The average Bonchev–Trinajstić information content (AvgIpc) is 2.49. The van der Waals surface area contributed by atoms with E-state index >= 15 is 0 Å². The molecule has 2 aliphatic rings. The highest BCUT2D eigenvalue weighted by atomic mass is 15.3. The van der Waals surface area contributed by atoms with E-state index in [-0.39, 0.29) is 0 Å². The minimum Gasteiger partial charge on any atom is -0.369 e. The van der Waals surface area contributed by atoms with Crippen LogP contribution in [0.25, 0.3) is 0 Å². The van der Waals surface area contributed by atoms with Crippen molar-refractivity contribution >= 4 is 5.69 Å². The summed E-state index contributed by atoms with van der Waals surface area (Å²) in [6, 6.07) is 10.8. The lowest BCUT2D eigenvalue weighted by Crippen LogP contribution is -2.56. The molecule has 0 bridgehead atoms. The number of piperidine rings is 1. The highest BCUT2D eigenvalue weighted by molar-refractivity contribution is 5.46. The molecule has 0 aliphatic carbocycles. The van der Waals surface area contributed by atoms with Gasteiger partial charge in [-0.1, -0.05) is 18.2 Å². The molecule has 1 aromatic rings. The third-order valence-electron chi connectivity index (χ3n) is 4.16. The van der Waals surface area contributed by atoms with Crippen molar-refractivity contribution in [1.82, 2.24) is 10.2 Å². The number of nitrogens with zero attached hydrogens (tertiary/aromatic N) is 2. The van der Waals surface area contributed by atoms with E-state index in [1.54, 1.807) is 0 Å². The van der Waals surface area contributed by atoms with Gasteiger partial charge in [0.2, 0.25) is 0 Å². The second-order valence-electron chi connectivity index (χ2n) is 5.32. The molecule has 3 heteroatoms. The Hall–Kier alpha value is -1.06. The third kappa shape index (κ3) is 2.68. The van der Waals surface area contributed by atoms with Gasteiger partial charge in [-0.15, -0.1) is 0 Å². The maximum absolute atomic E-state index is 3.65. The van der Waals surface area contributed by atoms with E-state index < -0.39 is 0 Å². The summed E-state index contributed by atoms with van der Waals surface area (Å²) < 4.78 is 0. The van der Waals surface area contributed by atoms with Crippen molar-refractivity contribution in [1.29, 1.82) is 0 Å². The summed E-state index contributed by atoms with van der Waals surface area (Å²) in [5.74, 6) is 0. The Morgan fingerprint density at radius 3 is 2.39 bits per heavy atom. The van der Waals surface area contributed by atoms with E-state index in [2.05, 4.69) is 45.4 Å². The van der Waals surface area contributed by atoms with Crippen LogP contribution in [0.5, 0.6) is 0 Å². The molecule has 18 heavy (non-hydrogen) atoms. The molecule has 3 nitrogen and oxygen atoms in total. The Kier molecular flexibility index (Phi) is 3.81. The molecule has 1 unspecified atom stereocenters. The number of piperazine rings is 1. The zero-order chi connectivity index (χ0) is 12.2. The Morgan fingerprint density at radius 1 is 0.944 bits per heavy atom. The van der Waals surface area contributed by atoms with Crippen molar-refractivity contribution in [3.63, 3.8) is 0 Å². The van der Waals surface area contributed by atoms with Crippen molar-refractivity contribution in [3.05, 3.63) is 30.3 Å². The fourth-order valence-corrected chi connectivity index (χ4v) is 3.08. The average molecular weight is 245 g/mol. The minimum atomic E-state index is 0.636. The van der Waals surface area contributed by atoms with Gasteiger partial charge < -0.3 is 10.2 Å². The maximum atomic E-state index is 3.65. The van der Waals surface area contributed by atoms with E-state index in [4.69, 9.17) is 0 Å². The summed E-state index contributed by atoms with van der Waals surface area (Å²) in [6.45, 7) is 5.88. The number of para-hydroxylation sites is 1. The van der Waals surface area contributed by atoms with E-state index in [9.17, 15) is 0 Å². The fraction of sp³-hybridized carbons (Fsp3) is 0.600. The monoisotopic (exact) mass is 245 g/mol. The smallest absolute Gasteiger partial charge is 0.0598 e. The molecule has 0 spiro atoms. The number of anilines is 1. The van der Waals surface area contributed by atoms with Crippen LogP contribution in [0.1, 0.15) is 19.3 Å². The standard InChI is InChI=1S/C15H23N3/c1-2-6-14(7-3-1)17-10-12-18(13-11-17)15-8-4-5-9-16-15/h1-3,6-7,15-16H,4-5,8-13H2. The molecule has 2 saturated heterocycles. The molecule has 2 aliphatic heterocycles. The van der Waals surface area contributed by atoms with Crippen molar-refractivity contribution < 1.29 is 0 Å². The van der Waals surface area contributed by atoms with Crippen molar-refractivity contribution in [2.75, 3.05) is 37.6 Å². The Morgan fingerprint density at radius 2 is 1.72 bits per heavy atom. The first-order valence-corrected chi connectivity index (χ1v) is 7.21. The van der Waals surface area contributed by atoms with Crippen molar-refractivity contribution in [2.24, 2.45) is 0 Å². The second-order valence-corrected chi connectivity index (χ2v) is 5.32. The molecular weight excluding hydrogens is 222 g/mol. The lowest BCUT2D eigenvalue weighted by atomic mass is 10.1. The van der Waals surface area contributed by atoms with Crippen LogP contribution < -0.4 is 10.2 Å². The highest BCUT2D eigenvalue weighted by Gasteiger charge is 2.24. The Labute approximate surface area is 110 Å². The van der Waals surface area contributed by atoms with Crippen LogP contribution in [0.4, 0.5) is 5.69 Å². The zero-order valence-electron chi connectivity index (χ0n) is 11.0. The van der Waals surface area contributed by atoms with Gasteiger partial charge in [-0.05, 0) is 37.9 Å². The summed E-state index contributed by atoms with van der Waals surface area (Å²) >= 11 is 0. The molecule has 1 atom stereocenters. The number of nitrogens with one attached hydrogen (secondary N) is 1. The fourth-order valence-electron chi connectivity index (χ4n) is 3.08. The van der Waals surface area contributed by atoms with Crippen LogP contribution >= 0.6 is 0 Å². The molecule has 0 radical (unpaired) electrons. The highest BCUT2D eigenvalue weighted by Crippen LogP contribution is 2.18. The predicted octanol–water partition coefficient (Wildman–Crippen LogP) is 1.91. The van der Waals surface area contributed by atoms with Gasteiger partial charge in [0.25, 0.3) is 0 Å². The number of hydrogen-bond donors (Lipinski definition) is 1. The number of benzene rings is 1. The van der Waals surface area contributed by atoms with E-state index in [0.717, 1.165) is 13.1 Å². The SMILES string of the molecule is c1ccc(N2CCN(C3CCCCN3)CC2)cc1. The van der Waals surface area contributed by atoms with Gasteiger partial charge in [-0.25, -0.2) is 0 Å². The molecule has 1 N–H and O–H groups in total. The third-order valence-corrected chi connectivity index (χ3v) is 4.16. The van der Waals surface area contributed by atoms with Crippen LogP contribution in [-0.4, -0.2) is 43.8 Å². The van der Waals surface area contributed by atoms with Crippen LogP contribution in [0.2, 0.25) is 0 Å². The Bertz CT molecular complexity index is 351. The topological polar surface area (TPSA) is 18.5 Å². The molecule has 1 aromatic carbocycles. The lowest BCUT2D eigenvalue weighted by molar-refractivity contribution is 0.130. The first-order valence-electron chi connectivity index (χ1n) is 7.21. The van der Waals surface area contributed by atoms with Crippen molar-refractivity contribution in [3.8, 4) is 0 Å². The summed E-state index contributed by atoms with van der Waals surface area (Å²) in [5, 5.41) is 3.65. The van der Waals surface area contributed by atoms with Crippen LogP contribution in [0, 0.1) is 0 Å². The van der Waals surface area contributed by atoms with Gasteiger partial charge >= 0.3 is 0 Å². The zero-order valence-corrected chi connectivity index (χ0v) is 11.0. The molecule has 0 amide bonds. The number of hydrogen-bond acceptors (Lipinski definition) is 3. The van der Waals surface area contributed by atoms with Gasteiger partial charge in [-0.3, -0.25) is 4.90 Å². The normalized spacial score (nSPS) is 26.2. The molecule has 3 rings (SSSR count). The van der Waals surface area contributed by atoms with Gasteiger partial charge in [0, 0.05) is 31.9 Å². The molecule has 2 fully saturated rings. The van der Waals surface area contributed by atoms with E-state index in [1.165, 1.54) is 44.6 Å². The molecule has 0 saturated carbocycles. The first-order chi connectivity index (χ1) is 8.93. The van der Waals surface area contributed by atoms with Gasteiger partial charge in [-0.2, -0.15) is 0 Å². The number of rotatable bonds is 2. The van der Waals surface area contributed by atoms with E-state index in [0.29, 0.717) is 6.17 Å². The van der Waals surface area contributed by atoms with Crippen LogP contribution in [0.15, 0.2) is 30.3 Å². The molecular formula is C15H23N3. The van der Waals surface area contributed by atoms with Crippen LogP contribution in [-0.2, 0) is 0 Å².